The Morgan fingerprint density at radius 1 is 0.731 bits per heavy atom. The quantitative estimate of drug-likeness (QED) is 0.101. The molecule has 3 heteroatoms. The van der Waals surface area contributed by atoms with Crippen LogP contribution in [0.4, 0.5) is 0 Å². The maximum atomic E-state index is 11.3. The third kappa shape index (κ3) is 21.6. The van der Waals surface area contributed by atoms with E-state index in [9.17, 15) is 4.79 Å². The van der Waals surface area contributed by atoms with Crippen molar-refractivity contribution >= 4 is 18.6 Å². The molecular formula is C23H44O2S. The lowest BCUT2D eigenvalue weighted by molar-refractivity contribution is -0.143. The number of hydrogen-bond acceptors (Lipinski definition) is 3. The highest BCUT2D eigenvalue weighted by atomic mass is 32.1. The zero-order valence-corrected chi connectivity index (χ0v) is 18.2. The molecule has 0 aromatic rings. The van der Waals surface area contributed by atoms with Crippen molar-refractivity contribution in [3.8, 4) is 0 Å². The van der Waals surface area contributed by atoms with E-state index in [1.165, 1.54) is 89.9 Å². The maximum Gasteiger partial charge on any atom is 0.305 e. The van der Waals surface area contributed by atoms with E-state index in [1.54, 1.807) is 0 Å². The summed E-state index contributed by atoms with van der Waals surface area (Å²) in [4.78, 5) is 11.3. The molecule has 26 heavy (non-hydrogen) atoms. The summed E-state index contributed by atoms with van der Waals surface area (Å²) in [6.07, 6.45) is 26.3. The lowest BCUT2D eigenvalue weighted by Gasteiger charge is -2.03. The van der Waals surface area contributed by atoms with Crippen molar-refractivity contribution in [1.82, 2.24) is 0 Å². The van der Waals surface area contributed by atoms with Gasteiger partial charge in [0.1, 0.15) is 6.61 Å². The summed E-state index contributed by atoms with van der Waals surface area (Å²) in [7, 11) is 0. The number of unbranched alkanes of at least 4 members (excludes halogenated alkanes) is 14. The van der Waals surface area contributed by atoms with Crippen molar-refractivity contribution < 1.29 is 9.53 Å². The number of hydrogen-bond donors (Lipinski definition) is 1. The molecule has 0 aromatic carbocycles. The summed E-state index contributed by atoms with van der Waals surface area (Å²) < 4.78 is 5.00. The fourth-order valence-corrected chi connectivity index (χ4v) is 3.19. The second-order valence-electron chi connectivity index (χ2n) is 7.34. The summed E-state index contributed by atoms with van der Waals surface area (Å²) in [5.41, 5.74) is 0. The van der Waals surface area contributed by atoms with E-state index in [2.05, 4.69) is 31.7 Å². The topological polar surface area (TPSA) is 26.3 Å². The third-order valence-electron chi connectivity index (χ3n) is 4.75. The van der Waals surface area contributed by atoms with Gasteiger partial charge in [-0.3, -0.25) is 4.79 Å². The van der Waals surface area contributed by atoms with Crippen LogP contribution in [0.25, 0.3) is 0 Å². The highest BCUT2D eigenvalue weighted by Gasteiger charge is 2.01. The first-order valence-electron chi connectivity index (χ1n) is 11.2. The standard InChI is InChI=1S/C23H44O2S/c1-2-3-4-5-6-7-8-9-10-11-12-13-14-15-16-17-18-19-20-23(24)25-21-22-26/h10-11,26H,2-9,12-22H2,1H3/b11-10+. The van der Waals surface area contributed by atoms with E-state index < -0.39 is 0 Å². The third-order valence-corrected chi connectivity index (χ3v) is 4.93. The number of ether oxygens (including phenoxy) is 1. The summed E-state index contributed by atoms with van der Waals surface area (Å²) in [5.74, 6) is 0.544. The lowest BCUT2D eigenvalue weighted by atomic mass is 10.1. The Morgan fingerprint density at radius 3 is 1.69 bits per heavy atom. The zero-order chi connectivity index (χ0) is 19.1. The van der Waals surface area contributed by atoms with E-state index in [4.69, 9.17) is 4.74 Å². The Labute approximate surface area is 169 Å². The molecule has 0 spiro atoms. The van der Waals surface area contributed by atoms with Crippen LogP contribution >= 0.6 is 12.6 Å². The number of carbonyl (C=O) groups excluding carboxylic acids is 1. The summed E-state index contributed by atoms with van der Waals surface area (Å²) >= 11 is 4.02. The highest BCUT2D eigenvalue weighted by Crippen LogP contribution is 2.11. The van der Waals surface area contributed by atoms with Gasteiger partial charge >= 0.3 is 5.97 Å². The maximum absolute atomic E-state index is 11.3. The van der Waals surface area contributed by atoms with Crippen LogP contribution < -0.4 is 0 Å². The van der Waals surface area contributed by atoms with Gasteiger partial charge in [-0.15, -0.1) is 0 Å². The molecule has 0 N–H and O–H groups in total. The molecule has 0 atom stereocenters. The Hall–Kier alpha value is -0.440. The molecule has 0 aromatic heterocycles. The van der Waals surface area contributed by atoms with E-state index in [-0.39, 0.29) is 5.97 Å². The van der Waals surface area contributed by atoms with Crippen LogP contribution in [0, 0.1) is 0 Å². The van der Waals surface area contributed by atoms with Crippen molar-refractivity contribution in [1.29, 1.82) is 0 Å². The van der Waals surface area contributed by atoms with Gasteiger partial charge in [-0.2, -0.15) is 12.6 Å². The largest absolute Gasteiger partial charge is 0.465 e. The predicted octanol–water partition coefficient (Wildman–Crippen LogP) is 7.67. The van der Waals surface area contributed by atoms with Gasteiger partial charge in [0, 0.05) is 12.2 Å². The number of rotatable bonds is 20. The number of carbonyl (C=O) groups is 1. The Morgan fingerprint density at radius 2 is 1.19 bits per heavy atom. The molecule has 0 aliphatic rings. The fourth-order valence-electron chi connectivity index (χ4n) is 3.10. The molecule has 0 heterocycles. The second kappa shape index (κ2) is 22.6. The van der Waals surface area contributed by atoms with Gasteiger partial charge in [0.15, 0.2) is 0 Å². The van der Waals surface area contributed by atoms with Crippen molar-refractivity contribution in [2.75, 3.05) is 12.4 Å². The first-order valence-corrected chi connectivity index (χ1v) is 11.9. The smallest absolute Gasteiger partial charge is 0.305 e. The highest BCUT2D eigenvalue weighted by molar-refractivity contribution is 7.80. The summed E-state index contributed by atoms with van der Waals surface area (Å²) in [6, 6.07) is 0. The van der Waals surface area contributed by atoms with Crippen molar-refractivity contribution in [3.05, 3.63) is 12.2 Å². The van der Waals surface area contributed by atoms with E-state index >= 15 is 0 Å². The number of esters is 1. The molecule has 0 fully saturated rings. The van der Waals surface area contributed by atoms with Gasteiger partial charge in [-0.1, -0.05) is 89.7 Å². The average molecular weight is 385 g/mol. The molecule has 0 aliphatic carbocycles. The lowest BCUT2D eigenvalue weighted by Crippen LogP contribution is -2.06. The zero-order valence-electron chi connectivity index (χ0n) is 17.4. The molecule has 0 bridgehead atoms. The van der Waals surface area contributed by atoms with Crippen molar-refractivity contribution in [2.24, 2.45) is 0 Å². The van der Waals surface area contributed by atoms with Gasteiger partial charge < -0.3 is 4.74 Å². The van der Waals surface area contributed by atoms with Crippen LogP contribution in [0.15, 0.2) is 12.2 Å². The van der Waals surface area contributed by atoms with Crippen molar-refractivity contribution in [2.45, 2.75) is 116 Å². The average Bonchev–Trinajstić information content (AvgIpc) is 2.65. The molecule has 154 valence electrons. The first-order chi connectivity index (χ1) is 12.8. The molecule has 0 radical (unpaired) electrons. The van der Waals surface area contributed by atoms with Crippen LogP contribution in [-0.4, -0.2) is 18.3 Å². The van der Waals surface area contributed by atoms with Gasteiger partial charge in [0.05, 0.1) is 0 Å². The second-order valence-corrected chi connectivity index (χ2v) is 7.79. The van der Waals surface area contributed by atoms with Gasteiger partial charge in [-0.25, -0.2) is 0 Å². The van der Waals surface area contributed by atoms with Crippen LogP contribution in [-0.2, 0) is 9.53 Å². The molecule has 0 unspecified atom stereocenters. The normalized spacial score (nSPS) is 11.3. The minimum Gasteiger partial charge on any atom is -0.465 e. The van der Waals surface area contributed by atoms with Crippen LogP contribution in [0.2, 0.25) is 0 Å². The number of thiol groups is 1. The van der Waals surface area contributed by atoms with E-state index in [0.29, 0.717) is 18.8 Å². The van der Waals surface area contributed by atoms with Crippen LogP contribution in [0.1, 0.15) is 116 Å². The molecule has 0 saturated carbocycles. The Bertz CT molecular complexity index is 315. The van der Waals surface area contributed by atoms with E-state index in [0.717, 1.165) is 12.8 Å². The molecular weight excluding hydrogens is 340 g/mol. The predicted molar refractivity (Wildman–Crippen MR) is 118 cm³/mol. The summed E-state index contributed by atoms with van der Waals surface area (Å²) in [6.45, 7) is 2.72. The SMILES string of the molecule is CCCCCCCCC/C=C/CCCCCCCCCC(=O)OCCS. The fraction of sp³-hybridized carbons (Fsp3) is 0.870. The molecule has 0 saturated heterocycles. The Balaban J connectivity index is 3.13. The summed E-state index contributed by atoms with van der Waals surface area (Å²) in [5, 5.41) is 0. The number of allylic oxidation sites excluding steroid dienone is 2. The van der Waals surface area contributed by atoms with Gasteiger partial charge in [-0.05, 0) is 32.1 Å². The van der Waals surface area contributed by atoms with Crippen LogP contribution in [0.3, 0.4) is 0 Å². The van der Waals surface area contributed by atoms with E-state index in [1.807, 2.05) is 0 Å². The van der Waals surface area contributed by atoms with Gasteiger partial charge in [0.2, 0.25) is 0 Å². The molecule has 2 nitrogen and oxygen atoms in total. The first kappa shape index (κ1) is 25.6. The minimum absolute atomic E-state index is 0.0673. The molecule has 0 amide bonds. The Kier molecular flexibility index (Phi) is 22.2. The minimum atomic E-state index is -0.0673. The van der Waals surface area contributed by atoms with Gasteiger partial charge in [0.25, 0.3) is 0 Å². The van der Waals surface area contributed by atoms with Crippen molar-refractivity contribution in [3.63, 3.8) is 0 Å². The van der Waals surface area contributed by atoms with Crippen LogP contribution in [0.5, 0.6) is 0 Å². The molecule has 0 rings (SSSR count). The molecule has 0 aliphatic heterocycles. The monoisotopic (exact) mass is 384 g/mol.